The van der Waals surface area contributed by atoms with E-state index in [1.807, 2.05) is 96.9 Å². The molecule has 0 spiro atoms. The van der Waals surface area contributed by atoms with Gasteiger partial charge in [-0.2, -0.15) is 0 Å². The number of para-hydroxylation sites is 2. The lowest BCUT2D eigenvalue weighted by Gasteiger charge is -2.38. The molecule has 1 aliphatic heterocycles. The van der Waals surface area contributed by atoms with E-state index in [2.05, 4.69) is 10.6 Å². The quantitative estimate of drug-likeness (QED) is 0.0389. The van der Waals surface area contributed by atoms with Gasteiger partial charge in [0, 0.05) is 44.5 Å². The van der Waals surface area contributed by atoms with Gasteiger partial charge in [0.2, 0.25) is 11.8 Å². The molecule has 6 rings (SSSR count). The van der Waals surface area contributed by atoms with E-state index in [4.69, 9.17) is 15.2 Å². The third-order valence-corrected chi connectivity index (χ3v) is 10.4. The van der Waals surface area contributed by atoms with E-state index in [0.29, 0.717) is 68.7 Å². The molecule has 7 N–H and O–H groups in total. The Hall–Kier alpha value is -5.56. The van der Waals surface area contributed by atoms with Gasteiger partial charge in [0.1, 0.15) is 5.75 Å². The summed E-state index contributed by atoms with van der Waals surface area (Å²) >= 11 is 0. The Kier molecular flexibility index (Phi) is 15.0. The number of hydrogen-bond acceptors (Lipinski definition) is 9. The number of nitrogen functional groups attached to an aromatic ring is 1. The number of hydrogen-bond donors (Lipinski definition) is 6. The number of benzene rings is 5. The highest BCUT2D eigenvalue weighted by Crippen LogP contribution is 2.39. The zero-order valence-corrected chi connectivity index (χ0v) is 32.9. The van der Waals surface area contributed by atoms with Crippen LogP contribution in [0.2, 0.25) is 0 Å². The topological polar surface area (TPSA) is 167 Å². The van der Waals surface area contributed by atoms with Crippen LogP contribution < -0.4 is 16.4 Å². The molecule has 1 fully saturated rings. The highest BCUT2D eigenvalue weighted by molar-refractivity contribution is 5.93. The van der Waals surface area contributed by atoms with Crippen molar-refractivity contribution in [1.82, 2.24) is 10.2 Å². The lowest BCUT2D eigenvalue weighted by Crippen LogP contribution is -2.39. The number of nitrogens with zero attached hydrogens (tertiary/aromatic N) is 1. The van der Waals surface area contributed by atoms with Crippen LogP contribution in [0.5, 0.6) is 5.75 Å². The minimum atomic E-state index is -0.781. The van der Waals surface area contributed by atoms with Crippen LogP contribution in [0.4, 0.5) is 11.4 Å². The summed E-state index contributed by atoms with van der Waals surface area (Å²) in [7, 11) is 1.94. The van der Waals surface area contributed by atoms with Gasteiger partial charge in [-0.15, -0.1) is 0 Å². The monoisotopic (exact) mass is 786 g/mol. The van der Waals surface area contributed by atoms with E-state index in [-0.39, 0.29) is 36.4 Å². The summed E-state index contributed by atoms with van der Waals surface area (Å²) in [5.74, 6) is -0.0133. The van der Waals surface area contributed by atoms with Gasteiger partial charge in [0.05, 0.1) is 36.3 Å². The van der Waals surface area contributed by atoms with Crippen molar-refractivity contribution in [3.05, 3.63) is 149 Å². The molecule has 0 saturated carbocycles. The minimum Gasteiger partial charge on any atom is -0.508 e. The van der Waals surface area contributed by atoms with Crippen molar-refractivity contribution in [3.8, 4) is 16.9 Å². The van der Waals surface area contributed by atoms with E-state index in [1.165, 1.54) is 0 Å². The second kappa shape index (κ2) is 20.7. The number of rotatable bonds is 18. The molecule has 1 heterocycles. The standard InChI is InChI=1S/C47H54N4O7/c1-51(30-43(54)36-11-9-12-38(53)26-36)29-39-27-44(34-20-18-32(31-52)19-21-34)58-47(57-39)35-24-22-33(23-25-35)40-13-6-5-10-37(40)28-49-45(55)16-3-2-4-17-46(56)50-42-15-8-7-14-41(42)48/h5-15,18-26,39,43-44,47,52-54H,2-4,16-17,27-31,48H2,1H3,(H,49,55)(H,50,56). The van der Waals surface area contributed by atoms with Gasteiger partial charge < -0.3 is 46.1 Å². The summed E-state index contributed by atoms with van der Waals surface area (Å²) in [5.41, 5.74) is 13.4. The summed E-state index contributed by atoms with van der Waals surface area (Å²) in [6.07, 6.45) is 1.58. The van der Waals surface area contributed by atoms with Crippen molar-refractivity contribution in [2.75, 3.05) is 31.2 Å². The molecule has 0 radical (unpaired) electrons. The van der Waals surface area contributed by atoms with Crippen molar-refractivity contribution in [3.63, 3.8) is 0 Å². The van der Waals surface area contributed by atoms with Gasteiger partial charge in [-0.25, -0.2) is 0 Å². The van der Waals surface area contributed by atoms with Crippen LogP contribution in [-0.4, -0.2) is 58.3 Å². The molecular formula is C47H54N4O7. The Morgan fingerprint density at radius 2 is 1.53 bits per heavy atom. The number of anilines is 2. The molecule has 0 bridgehead atoms. The average Bonchev–Trinajstić information content (AvgIpc) is 3.23. The Bertz CT molecular complexity index is 2090. The number of aromatic hydroxyl groups is 1. The van der Waals surface area contributed by atoms with E-state index in [0.717, 1.165) is 39.8 Å². The van der Waals surface area contributed by atoms with Crippen LogP contribution in [0.1, 0.15) is 84.8 Å². The third-order valence-electron chi connectivity index (χ3n) is 10.4. The Morgan fingerprint density at radius 1 is 0.828 bits per heavy atom. The fourth-order valence-corrected chi connectivity index (χ4v) is 7.22. The number of nitrogens with one attached hydrogen (secondary N) is 2. The van der Waals surface area contributed by atoms with E-state index < -0.39 is 12.4 Å². The molecule has 11 nitrogen and oxygen atoms in total. The molecule has 11 heteroatoms. The van der Waals surface area contributed by atoms with Crippen molar-refractivity contribution in [1.29, 1.82) is 0 Å². The number of amides is 2. The number of carbonyl (C=O) groups excluding carboxylic acids is 2. The molecule has 0 aromatic heterocycles. The maximum Gasteiger partial charge on any atom is 0.224 e. The van der Waals surface area contributed by atoms with Crippen LogP contribution in [0.3, 0.4) is 0 Å². The first-order chi connectivity index (χ1) is 28.1. The van der Waals surface area contributed by atoms with Crippen LogP contribution >= 0.6 is 0 Å². The number of ether oxygens (including phenoxy) is 2. The fourth-order valence-electron chi connectivity index (χ4n) is 7.22. The molecule has 2 amide bonds. The van der Waals surface area contributed by atoms with Gasteiger partial charge in [-0.3, -0.25) is 9.59 Å². The maximum atomic E-state index is 12.8. The van der Waals surface area contributed by atoms with Crippen LogP contribution in [0.25, 0.3) is 11.1 Å². The molecular weight excluding hydrogens is 733 g/mol. The largest absolute Gasteiger partial charge is 0.508 e. The summed E-state index contributed by atoms with van der Waals surface area (Å²) in [5, 5.41) is 36.3. The predicted octanol–water partition coefficient (Wildman–Crippen LogP) is 7.55. The Morgan fingerprint density at radius 3 is 2.28 bits per heavy atom. The second-order valence-electron chi connectivity index (χ2n) is 14.9. The first-order valence-electron chi connectivity index (χ1n) is 19.9. The predicted molar refractivity (Wildman–Crippen MR) is 225 cm³/mol. The van der Waals surface area contributed by atoms with E-state index >= 15 is 0 Å². The first-order valence-corrected chi connectivity index (χ1v) is 19.9. The summed E-state index contributed by atoms with van der Waals surface area (Å²) in [4.78, 5) is 27.1. The first kappa shape index (κ1) is 42.1. The van der Waals surface area contributed by atoms with Crippen molar-refractivity contribution in [2.24, 2.45) is 0 Å². The van der Waals surface area contributed by atoms with Gasteiger partial charge >= 0.3 is 0 Å². The second-order valence-corrected chi connectivity index (χ2v) is 14.9. The summed E-state index contributed by atoms with van der Waals surface area (Å²) in [6, 6.07) is 37.7. The molecule has 4 atom stereocenters. The van der Waals surface area contributed by atoms with E-state index in [1.54, 1.807) is 36.4 Å². The Balaban J connectivity index is 1.04. The highest BCUT2D eigenvalue weighted by atomic mass is 16.7. The van der Waals surface area contributed by atoms with Crippen molar-refractivity contribution >= 4 is 23.2 Å². The van der Waals surface area contributed by atoms with E-state index in [9.17, 15) is 24.9 Å². The fraction of sp³-hybridized carbons (Fsp3) is 0.319. The number of phenols is 1. The number of unbranched alkanes of at least 4 members (excludes halogenated alkanes) is 2. The smallest absolute Gasteiger partial charge is 0.224 e. The van der Waals surface area contributed by atoms with Crippen molar-refractivity contribution < 1.29 is 34.4 Å². The van der Waals surface area contributed by atoms with Crippen LogP contribution in [0, 0.1) is 0 Å². The number of likely N-dealkylation sites (N-methyl/N-ethyl adjacent to an activating group) is 1. The van der Waals surface area contributed by atoms with Gasteiger partial charge in [-0.1, -0.05) is 103 Å². The Labute approximate surface area is 340 Å². The van der Waals surface area contributed by atoms with Gasteiger partial charge in [0.15, 0.2) is 6.29 Å². The number of carbonyl (C=O) groups is 2. The molecule has 5 aromatic carbocycles. The summed E-state index contributed by atoms with van der Waals surface area (Å²) < 4.78 is 13.1. The number of phenolic OH excluding ortho intramolecular Hbond substituents is 1. The molecule has 0 aliphatic carbocycles. The SMILES string of the molecule is CN(CC1CC(c2ccc(CO)cc2)OC(c2ccc(-c3ccccc3CNC(=O)CCCCCC(=O)Nc3ccccc3N)cc2)O1)CC(O)c1cccc(O)c1. The molecule has 304 valence electrons. The lowest BCUT2D eigenvalue weighted by atomic mass is 9.97. The van der Waals surface area contributed by atoms with Crippen molar-refractivity contribution in [2.45, 2.75) is 76.3 Å². The molecule has 1 saturated heterocycles. The number of aliphatic hydroxyl groups is 2. The maximum absolute atomic E-state index is 12.8. The van der Waals surface area contributed by atoms with Crippen LogP contribution in [-0.2, 0) is 32.2 Å². The lowest BCUT2D eigenvalue weighted by molar-refractivity contribution is -0.252. The van der Waals surface area contributed by atoms with Gasteiger partial charge in [0.25, 0.3) is 0 Å². The third kappa shape index (κ3) is 12.0. The highest BCUT2D eigenvalue weighted by Gasteiger charge is 2.33. The molecule has 1 aliphatic rings. The number of nitrogens with two attached hydrogens (primary N) is 1. The molecule has 58 heavy (non-hydrogen) atoms. The average molecular weight is 787 g/mol. The normalized spacial score (nSPS) is 17.1. The molecule has 4 unspecified atom stereocenters. The van der Waals surface area contributed by atoms with Gasteiger partial charge in [-0.05, 0) is 77.5 Å². The number of aliphatic hydroxyl groups excluding tert-OH is 2. The van der Waals surface area contributed by atoms with Crippen LogP contribution in [0.15, 0.2) is 121 Å². The zero-order valence-electron chi connectivity index (χ0n) is 32.9. The molecule has 5 aromatic rings. The minimum absolute atomic E-state index is 0.0344. The summed E-state index contributed by atoms with van der Waals surface area (Å²) in [6.45, 7) is 1.24. The zero-order chi connectivity index (χ0) is 40.9.